The smallest absolute Gasteiger partial charge is 0.416 e. The summed E-state index contributed by atoms with van der Waals surface area (Å²) in [6.45, 7) is 4.81. The minimum atomic E-state index is -4.54. The predicted octanol–water partition coefficient (Wildman–Crippen LogP) is 2.15. The van der Waals surface area contributed by atoms with Gasteiger partial charge in [-0.2, -0.15) is 18.0 Å². The number of rotatable bonds is 4. The number of carboxylic acid groups (broad SMARTS) is 1. The zero-order valence-corrected chi connectivity index (χ0v) is 11.4. The van der Waals surface area contributed by atoms with Crippen LogP contribution in [-0.2, 0) is 17.5 Å². The molecule has 116 valence electrons. The highest BCUT2D eigenvalue weighted by molar-refractivity contribution is 6.14. The van der Waals surface area contributed by atoms with Crippen LogP contribution in [0.25, 0.3) is 5.57 Å². The number of nitrogens with zero attached hydrogens (tertiary/aromatic N) is 4. The van der Waals surface area contributed by atoms with Crippen molar-refractivity contribution in [2.45, 2.75) is 19.6 Å². The molecule has 0 atom stereocenters. The van der Waals surface area contributed by atoms with E-state index in [1.807, 2.05) is 0 Å². The lowest BCUT2D eigenvalue weighted by Crippen LogP contribution is -2.12. The predicted molar refractivity (Wildman–Crippen MR) is 69.8 cm³/mol. The van der Waals surface area contributed by atoms with Crippen molar-refractivity contribution >= 4 is 11.5 Å². The highest BCUT2D eigenvalue weighted by Crippen LogP contribution is 2.32. The average molecular weight is 312 g/mol. The van der Waals surface area contributed by atoms with Crippen molar-refractivity contribution < 1.29 is 23.1 Å². The van der Waals surface area contributed by atoms with Gasteiger partial charge in [0, 0.05) is 0 Å². The van der Waals surface area contributed by atoms with Gasteiger partial charge in [-0.1, -0.05) is 12.6 Å². The third-order valence-electron chi connectivity index (χ3n) is 2.88. The molecule has 0 fully saturated rings. The molecular formula is C13H11F3N4O2. The Morgan fingerprint density at radius 1 is 1.41 bits per heavy atom. The molecule has 9 heteroatoms. The number of carbonyl (C=O) groups is 1. The van der Waals surface area contributed by atoms with E-state index in [0.29, 0.717) is 5.82 Å². The number of alkyl halides is 3. The molecule has 2 aromatic rings. The van der Waals surface area contributed by atoms with Crippen molar-refractivity contribution in [1.29, 1.82) is 0 Å². The second-order valence-corrected chi connectivity index (χ2v) is 4.52. The number of halogens is 3. The van der Waals surface area contributed by atoms with E-state index in [0.717, 1.165) is 23.0 Å². The lowest BCUT2D eigenvalue weighted by Gasteiger charge is -2.13. The first-order chi connectivity index (χ1) is 10.2. The van der Waals surface area contributed by atoms with Crippen molar-refractivity contribution in [3.05, 3.63) is 47.3 Å². The van der Waals surface area contributed by atoms with Crippen LogP contribution < -0.4 is 0 Å². The van der Waals surface area contributed by atoms with Crippen LogP contribution in [-0.4, -0.2) is 31.3 Å². The normalized spacial score (nSPS) is 11.5. The zero-order valence-electron chi connectivity index (χ0n) is 11.4. The summed E-state index contributed by atoms with van der Waals surface area (Å²) in [5.74, 6) is -0.964. The summed E-state index contributed by atoms with van der Waals surface area (Å²) in [6.07, 6.45) is -4.54. The summed E-state index contributed by atoms with van der Waals surface area (Å²) in [5, 5.41) is 20.1. The van der Waals surface area contributed by atoms with Crippen molar-refractivity contribution in [2.24, 2.45) is 0 Å². The Labute approximate surface area is 122 Å². The molecule has 0 amide bonds. The van der Waals surface area contributed by atoms with Crippen LogP contribution in [0.4, 0.5) is 13.2 Å². The number of carboxylic acids is 1. The maximum Gasteiger partial charge on any atom is 0.416 e. The van der Waals surface area contributed by atoms with Gasteiger partial charge in [-0.15, -0.1) is 10.2 Å². The summed E-state index contributed by atoms with van der Waals surface area (Å²) in [4.78, 5) is 12.1. The lowest BCUT2D eigenvalue weighted by molar-refractivity contribution is -0.137. The average Bonchev–Trinajstić information content (AvgIpc) is 2.82. The lowest BCUT2D eigenvalue weighted by atomic mass is 9.98. The van der Waals surface area contributed by atoms with Gasteiger partial charge in [0.15, 0.2) is 5.82 Å². The second-order valence-electron chi connectivity index (χ2n) is 4.52. The zero-order chi connectivity index (χ0) is 16.5. The first kappa shape index (κ1) is 15.7. The maximum atomic E-state index is 12.8. The number of aromatic nitrogens is 4. The maximum absolute atomic E-state index is 12.8. The molecule has 0 bridgehead atoms. The molecular weight excluding hydrogens is 301 g/mol. The van der Waals surface area contributed by atoms with E-state index in [1.54, 1.807) is 6.92 Å². The van der Waals surface area contributed by atoms with Gasteiger partial charge >= 0.3 is 12.1 Å². The van der Waals surface area contributed by atoms with Gasteiger partial charge in [0.05, 0.1) is 17.7 Å². The Kier molecular flexibility index (Phi) is 3.98. The molecule has 1 aromatic heterocycles. The van der Waals surface area contributed by atoms with E-state index in [1.165, 1.54) is 0 Å². The molecule has 0 saturated carbocycles. The van der Waals surface area contributed by atoms with E-state index >= 15 is 0 Å². The van der Waals surface area contributed by atoms with E-state index in [9.17, 15) is 18.0 Å². The largest absolute Gasteiger partial charge is 0.478 e. The van der Waals surface area contributed by atoms with E-state index in [-0.39, 0.29) is 23.2 Å². The Morgan fingerprint density at radius 3 is 2.59 bits per heavy atom. The van der Waals surface area contributed by atoms with Crippen LogP contribution in [0.15, 0.2) is 24.8 Å². The third-order valence-corrected chi connectivity index (χ3v) is 2.88. The summed E-state index contributed by atoms with van der Waals surface area (Å²) in [6, 6.07) is 2.76. The Bertz CT molecular complexity index is 737. The fourth-order valence-corrected chi connectivity index (χ4v) is 1.85. The molecule has 22 heavy (non-hydrogen) atoms. The third kappa shape index (κ3) is 3.30. The van der Waals surface area contributed by atoms with Crippen LogP contribution >= 0.6 is 0 Å². The molecule has 0 unspecified atom stereocenters. The number of aryl methyl sites for hydroxylation is 1. The first-order valence-corrected chi connectivity index (χ1v) is 6.05. The quantitative estimate of drug-likeness (QED) is 0.875. The fourth-order valence-electron chi connectivity index (χ4n) is 1.85. The molecule has 0 aliphatic carbocycles. The number of hydrogen-bond acceptors (Lipinski definition) is 4. The van der Waals surface area contributed by atoms with Gasteiger partial charge in [0.2, 0.25) is 0 Å². The van der Waals surface area contributed by atoms with Crippen molar-refractivity contribution in [1.82, 2.24) is 20.2 Å². The van der Waals surface area contributed by atoms with Gasteiger partial charge in [0.1, 0.15) is 0 Å². The SMILES string of the molecule is C=C(C(=O)O)c1ccc(C(F)(F)F)cc1Cn1nnc(C)n1. The topological polar surface area (TPSA) is 80.9 Å². The molecule has 1 aromatic carbocycles. The molecule has 2 rings (SSSR count). The summed E-state index contributed by atoms with van der Waals surface area (Å²) < 4.78 is 38.4. The molecule has 0 radical (unpaired) electrons. The highest BCUT2D eigenvalue weighted by Gasteiger charge is 2.31. The molecule has 0 spiro atoms. The summed E-state index contributed by atoms with van der Waals surface area (Å²) >= 11 is 0. The summed E-state index contributed by atoms with van der Waals surface area (Å²) in [5.41, 5.74) is -1.00. The number of tetrazole rings is 1. The molecule has 1 heterocycles. The Hall–Kier alpha value is -2.71. The van der Waals surface area contributed by atoms with E-state index in [2.05, 4.69) is 22.0 Å². The highest BCUT2D eigenvalue weighted by atomic mass is 19.4. The van der Waals surface area contributed by atoms with Crippen LogP contribution in [0.1, 0.15) is 22.5 Å². The minimum Gasteiger partial charge on any atom is -0.478 e. The number of benzene rings is 1. The monoisotopic (exact) mass is 312 g/mol. The minimum absolute atomic E-state index is 0.0930. The summed E-state index contributed by atoms with van der Waals surface area (Å²) in [7, 11) is 0. The Morgan fingerprint density at radius 2 is 2.09 bits per heavy atom. The number of aliphatic carboxylic acids is 1. The molecule has 0 aliphatic heterocycles. The van der Waals surface area contributed by atoms with Gasteiger partial charge in [-0.25, -0.2) is 4.79 Å². The van der Waals surface area contributed by atoms with Gasteiger partial charge < -0.3 is 5.11 Å². The fraction of sp³-hybridized carbons (Fsp3) is 0.231. The van der Waals surface area contributed by atoms with Gasteiger partial charge in [-0.3, -0.25) is 0 Å². The van der Waals surface area contributed by atoms with Crippen molar-refractivity contribution in [3.63, 3.8) is 0 Å². The second kappa shape index (κ2) is 5.58. The van der Waals surface area contributed by atoms with Gasteiger partial charge in [0.25, 0.3) is 0 Å². The first-order valence-electron chi connectivity index (χ1n) is 6.05. The molecule has 6 nitrogen and oxygen atoms in total. The molecule has 0 saturated heterocycles. The standard InChI is InChI=1S/C13H11F3N4O2/c1-7(12(21)22)11-4-3-10(13(14,15)16)5-9(11)6-20-18-8(2)17-19-20/h3-5H,1,6H2,2H3,(H,21,22). The van der Waals surface area contributed by atoms with Gasteiger partial charge in [-0.05, 0) is 35.4 Å². The van der Waals surface area contributed by atoms with Crippen LogP contribution in [0.3, 0.4) is 0 Å². The molecule has 0 aliphatic rings. The Balaban J connectivity index is 2.49. The number of hydrogen-bond donors (Lipinski definition) is 1. The van der Waals surface area contributed by atoms with Crippen LogP contribution in [0.5, 0.6) is 0 Å². The van der Waals surface area contributed by atoms with E-state index < -0.39 is 17.7 Å². The van der Waals surface area contributed by atoms with E-state index in [4.69, 9.17) is 5.11 Å². The van der Waals surface area contributed by atoms with Crippen LogP contribution in [0.2, 0.25) is 0 Å². The van der Waals surface area contributed by atoms with Crippen molar-refractivity contribution in [3.8, 4) is 0 Å². The van der Waals surface area contributed by atoms with Crippen LogP contribution in [0, 0.1) is 6.92 Å². The molecule has 1 N–H and O–H groups in total. The van der Waals surface area contributed by atoms with Crippen molar-refractivity contribution in [2.75, 3.05) is 0 Å².